The van der Waals surface area contributed by atoms with Crippen molar-refractivity contribution in [2.45, 2.75) is 19.9 Å². The van der Waals surface area contributed by atoms with Gasteiger partial charge in [-0.2, -0.15) is 0 Å². The van der Waals surface area contributed by atoms with Gasteiger partial charge in [0, 0.05) is 28.0 Å². The molecular weight excluding hydrogens is 436 g/mol. The van der Waals surface area contributed by atoms with Gasteiger partial charge >= 0.3 is 12.0 Å². The summed E-state index contributed by atoms with van der Waals surface area (Å²) < 4.78 is 5.07. The third-order valence-corrected chi connectivity index (χ3v) is 4.71. The molecular formula is C22H21ClN4O5. The minimum absolute atomic E-state index is 0.102. The van der Waals surface area contributed by atoms with E-state index in [0.717, 1.165) is 0 Å². The Labute approximate surface area is 188 Å². The highest BCUT2D eigenvalue weighted by Gasteiger charge is 2.25. The molecule has 3 aromatic rings. The maximum atomic E-state index is 12.3. The van der Waals surface area contributed by atoms with Crippen molar-refractivity contribution in [3.8, 4) is 11.3 Å². The second-order valence-corrected chi connectivity index (χ2v) is 7.71. The number of carbonyl (C=O) groups is 3. The summed E-state index contributed by atoms with van der Waals surface area (Å²) >= 11 is 5.90. The van der Waals surface area contributed by atoms with Gasteiger partial charge in [0.25, 0.3) is 5.91 Å². The topological polar surface area (TPSA) is 134 Å². The van der Waals surface area contributed by atoms with Crippen LogP contribution in [0.2, 0.25) is 5.02 Å². The molecule has 1 unspecified atom stereocenters. The summed E-state index contributed by atoms with van der Waals surface area (Å²) in [7, 11) is 0. The Kier molecular flexibility index (Phi) is 7.11. The van der Waals surface area contributed by atoms with Crippen molar-refractivity contribution in [1.82, 2.24) is 10.5 Å². The van der Waals surface area contributed by atoms with Crippen LogP contribution in [0, 0.1) is 5.92 Å². The number of aliphatic carboxylic acids is 1. The van der Waals surface area contributed by atoms with E-state index in [1.165, 1.54) is 6.07 Å². The number of rotatable bonds is 7. The van der Waals surface area contributed by atoms with Crippen LogP contribution < -0.4 is 16.0 Å². The van der Waals surface area contributed by atoms with Crippen LogP contribution >= 0.6 is 11.6 Å². The second-order valence-electron chi connectivity index (χ2n) is 7.28. The summed E-state index contributed by atoms with van der Waals surface area (Å²) in [4.78, 5) is 35.7. The fraction of sp³-hybridized carbons (Fsp3) is 0.182. The number of halogens is 1. The van der Waals surface area contributed by atoms with Crippen molar-refractivity contribution >= 4 is 40.9 Å². The number of aromatic nitrogens is 1. The molecule has 0 spiro atoms. The zero-order chi connectivity index (χ0) is 23.3. The lowest BCUT2D eigenvalue weighted by molar-refractivity contribution is -0.140. The van der Waals surface area contributed by atoms with Gasteiger partial charge < -0.3 is 25.6 Å². The first-order valence-electron chi connectivity index (χ1n) is 9.67. The molecule has 0 fully saturated rings. The molecule has 1 aromatic heterocycles. The molecule has 32 heavy (non-hydrogen) atoms. The number of carboxylic acid groups (broad SMARTS) is 1. The number of amides is 3. The standard InChI is InChI=1S/C22H21ClN4O5/c1-12(2)19(21(29)30)26-20(28)18-11-17(27-32-18)13-6-8-15(9-7-13)24-22(31)25-16-5-3-4-14(23)10-16/h3-12,19H,1-2H3,(H,26,28)(H,29,30)(H2,24,25,31). The maximum absolute atomic E-state index is 12.3. The van der Waals surface area contributed by atoms with Crippen LogP contribution in [0.1, 0.15) is 24.4 Å². The molecule has 0 aliphatic carbocycles. The molecule has 10 heteroatoms. The van der Waals surface area contributed by atoms with Gasteiger partial charge in [-0.3, -0.25) is 4.79 Å². The number of benzene rings is 2. The van der Waals surface area contributed by atoms with E-state index in [0.29, 0.717) is 27.7 Å². The van der Waals surface area contributed by atoms with E-state index in [-0.39, 0.29) is 11.7 Å². The number of anilines is 2. The third kappa shape index (κ3) is 5.86. The van der Waals surface area contributed by atoms with E-state index in [1.54, 1.807) is 62.4 Å². The Morgan fingerprint density at radius 2 is 1.69 bits per heavy atom. The van der Waals surface area contributed by atoms with Gasteiger partial charge in [0.05, 0.1) is 0 Å². The molecule has 3 rings (SSSR count). The largest absolute Gasteiger partial charge is 0.480 e. The van der Waals surface area contributed by atoms with Gasteiger partial charge in [-0.15, -0.1) is 0 Å². The Morgan fingerprint density at radius 3 is 2.31 bits per heavy atom. The molecule has 1 heterocycles. The third-order valence-electron chi connectivity index (χ3n) is 4.47. The molecule has 3 amide bonds. The van der Waals surface area contributed by atoms with Crippen LogP contribution in [0.25, 0.3) is 11.3 Å². The second kappa shape index (κ2) is 9.97. The molecule has 2 aromatic carbocycles. The monoisotopic (exact) mass is 456 g/mol. The van der Waals surface area contributed by atoms with Crippen molar-refractivity contribution < 1.29 is 24.0 Å². The number of nitrogens with one attached hydrogen (secondary N) is 3. The highest BCUT2D eigenvalue weighted by atomic mass is 35.5. The minimum Gasteiger partial charge on any atom is -0.480 e. The lowest BCUT2D eigenvalue weighted by Gasteiger charge is -2.16. The Balaban J connectivity index is 1.62. The molecule has 0 aliphatic rings. The smallest absolute Gasteiger partial charge is 0.326 e. The summed E-state index contributed by atoms with van der Waals surface area (Å²) in [6.45, 7) is 3.38. The molecule has 9 nitrogen and oxygen atoms in total. The number of carbonyl (C=O) groups excluding carboxylic acids is 2. The number of hydrogen-bond acceptors (Lipinski definition) is 5. The maximum Gasteiger partial charge on any atom is 0.326 e. The van der Waals surface area contributed by atoms with Crippen molar-refractivity contribution in [3.05, 3.63) is 65.4 Å². The van der Waals surface area contributed by atoms with E-state index < -0.39 is 23.9 Å². The van der Waals surface area contributed by atoms with E-state index in [4.69, 9.17) is 16.1 Å². The zero-order valence-electron chi connectivity index (χ0n) is 17.3. The molecule has 0 radical (unpaired) electrons. The first-order chi connectivity index (χ1) is 15.2. The van der Waals surface area contributed by atoms with Crippen LogP contribution in [0.3, 0.4) is 0 Å². The number of urea groups is 1. The molecule has 0 saturated carbocycles. The van der Waals surface area contributed by atoms with Crippen LogP contribution in [-0.4, -0.2) is 34.2 Å². The lowest BCUT2D eigenvalue weighted by Crippen LogP contribution is -2.44. The average molecular weight is 457 g/mol. The van der Waals surface area contributed by atoms with Crippen LogP contribution in [-0.2, 0) is 4.79 Å². The van der Waals surface area contributed by atoms with Gasteiger partial charge in [0.15, 0.2) is 0 Å². The van der Waals surface area contributed by atoms with Gasteiger partial charge in [0.1, 0.15) is 11.7 Å². The summed E-state index contributed by atoms with van der Waals surface area (Å²) in [5.41, 5.74) is 2.13. The van der Waals surface area contributed by atoms with Crippen LogP contribution in [0.4, 0.5) is 16.2 Å². The van der Waals surface area contributed by atoms with E-state index in [1.807, 2.05) is 0 Å². The van der Waals surface area contributed by atoms with Gasteiger partial charge in [0.2, 0.25) is 5.76 Å². The first-order valence-corrected chi connectivity index (χ1v) is 10.0. The number of nitrogens with zero attached hydrogens (tertiary/aromatic N) is 1. The summed E-state index contributed by atoms with van der Waals surface area (Å²) in [6.07, 6.45) is 0. The number of hydrogen-bond donors (Lipinski definition) is 4. The summed E-state index contributed by atoms with van der Waals surface area (Å²) in [6, 6.07) is 13.4. The van der Waals surface area contributed by atoms with Gasteiger partial charge in [-0.25, -0.2) is 9.59 Å². The summed E-state index contributed by atoms with van der Waals surface area (Å²) in [5, 5.41) is 21.4. The minimum atomic E-state index is -1.13. The molecule has 0 aliphatic heterocycles. The van der Waals surface area contributed by atoms with Gasteiger partial charge in [-0.1, -0.05) is 48.8 Å². The predicted octanol–water partition coefficient (Wildman–Crippen LogP) is 4.48. The molecule has 1 atom stereocenters. The predicted molar refractivity (Wildman–Crippen MR) is 120 cm³/mol. The van der Waals surface area contributed by atoms with Crippen molar-refractivity contribution in [2.24, 2.45) is 5.92 Å². The van der Waals surface area contributed by atoms with E-state index >= 15 is 0 Å². The molecule has 4 N–H and O–H groups in total. The van der Waals surface area contributed by atoms with Crippen molar-refractivity contribution in [1.29, 1.82) is 0 Å². The van der Waals surface area contributed by atoms with E-state index in [9.17, 15) is 19.5 Å². The normalized spacial score (nSPS) is 11.6. The number of carboxylic acids is 1. The van der Waals surface area contributed by atoms with Crippen molar-refractivity contribution in [3.63, 3.8) is 0 Å². The van der Waals surface area contributed by atoms with Gasteiger partial charge in [-0.05, 0) is 36.2 Å². The quantitative estimate of drug-likeness (QED) is 0.414. The Morgan fingerprint density at radius 1 is 1.00 bits per heavy atom. The summed E-state index contributed by atoms with van der Waals surface area (Å²) in [5.74, 6) is -2.19. The fourth-order valence-corrected chi connectivity index (χ4v) is 3.02. The highest BCUT2D eigenvalue weighted by Crippen LogP contribution is 2.22. The van der Waals surface area contributed by atoms with E-state index in [2.05, 4.69) is 21.1 Å². The first kappa shape index (κ1) is 22.8. The zero-order valence-corrected chi connectivity index (χ0v) is 18.0. The molecule has 0 bridgehead atoms. The van der Waals surface area contributed by atoms with Crippen molar-refractivity contribution in [2.75, 3.05) is 10.6 Å². The Hall–Kier alpha value is -3.85. The fourth-order valence-electron chi connectivity index (χ4n) is 2.83. The highest BCUT2D eigenvalue weighted by molar-refractivity contribution is 6.30. The van der Waals surface area contributed by atoms with Crippen LogP contribution in [0.5, 0.6) is 0 Å². The average Bonchev–Trinajstić information content (AvgIpc) is 3.22. The van der Waals surface area contributed by atoms with Crippen LogP contribution in [0.15, 0.2) is 59.1 Å². The SMILES string of the molecule is CC(C)C(NC(=O)c1cc(-c2ccc(NC(=O)Nc3cccc(Cl)c3)cc2)no1)C(=O)O. The lowest BCUT2D eigenvalue weighted by atomic mass is 10.0. The molecule has 166 valence electrons. The Bertz CT molecular complexity index is 1130. The molecule has 0 saturated heterocycles.